The van der Waals surface area contributed by atoms with Crippen molar-refractivity contribution in [1.29, 1.82) is 0 Å². The molecule has 1 amide bonds. The number of rotatable bonds is 8. The molecule has 3 aromatic rings. The molecule has 1 atom stereocenters. The SMILES string of the molecule is COc1cc(/C=C/C(=O)NC(c2ccc(F)cc2)c2nccn2C)ccc1OC(C)C. The number of amides is 1. The number of nitrogens with zero attached hydrogens (tertiary/aromatic N) is 2. The molecule has 1 unspecified atom stereocenters. The van der Waals surface area contributed by atoms with Crippen molar-refractivity contribution in [3.63, 3.8) is 0 Å². The summed E-state index contributed by atoms with van der Waals surface area (Å²) >= 11 is 0. The first-order chi connectivity index (χ1) is 14.9. The van der Waals surface area contributed by atoms with Crippen LogP contribution in [0.3, 0.4) is 0 Å². The third-order valence-corrected chi connectivity index (χ3v) is 4.58. The first-order valence-corrected chi connectivity index (χ1v) is 9.93. The number of hydrogen-bond donors (Lipinski definition) is 1. The topological polar surface area (TPSA) is 65.4 Å². The Bertz CT molecular complexity index is 1060. The Kier molecular flexibility index (Phi) is 7.07. The standard InChI is InChI=1S/C24H26FN3O3/c1-16(2)31-20-11-5-17(15-21(20)30-4)6-12-22(29)27-23(24-26-13-14-28(24)3)18-7-9-19(25)10-8-18/h5-16,23H,1-4H3,(H,27,29)/b12-6+. The maximum atomic E-state index is 13.4. The van der Waals surface area contributed by atoms with Crippen LogP contribution in [0.5, 0.6) is 11.5 Å². The smallest absolute Gasteiger partial charge is 0.244 e. The number of imidazole rings is 1. The molecule has 1 heterocycles. The molecule has 0 aliphatic heterocycles. The van der Waals surface area contributed by atoms with E-state index in [0.717, 1.165) is 11.1 Å². The summed E-state index contributed by atoms with van der Waals surface area (Å²) in [7, 11) is 3.41. The van der Waals surface area contributed by atoms with Gasteiger partial charge in [0, 0.05) is 25.5 Å². The third kappa shape index (κ3) is 5.72. The van der Waals surface area contributed by atoms with E-state index in [1.807, 2.05) is 37.6 Å². The Balaban J connectivity index is 1.79. The highest BCUT2D eigenvalue weighted by atomic mass is 19.1. The zero-order valence-corrected chi connectivity index (χ0v) is 18.0. The number of methoxy groups -OCH3 is 1. The molecule has 1 N–H and O–H groups in total. The van der Waals surface area contributed by atoms with Crippen molar-refractivity contribution >= 4 is 12.0 Å². The van der Waals surface area contributed by atoms with Crippen LogP contribution in [0.1, 0.15) is 36.8 Å². The van der Waals surface area contributed by atoms with E-state index in [1.165, 1.54) is 18.2 Å². The van der Waals surface area contributed by atoms with Crippen molar-refractivity contribution in [1.82, 2.24) is 14.9 Å². The Hall–Kier alpha value is -3.61. The second-order valence-corrected chi connectivity index (χ2v) is 7.30. The minimum atomic E-state index is -0.519. The van der Waals surface area contributed by atoms with E-state index >= 15 is 0 Å². The Morgan fingerprint density at radius 1 is 1.16 bits per heavy atom. The van der Waals surface area contributed by atoms with E-state index in [9.17, 15) is 9.18 Å². The molecule has 31 heavy (non-hydrogen) atoms. The van der Waals surface area contributed by atoms with Gasteiger partial charge in [0.2, 0.25) is 5.91 Å². The Labute approximate surface area is 181 Å². The summed E-state index contributed by atoms with van der Waals surface area (Å²) in [5, 5.41) is 2.94. The second kappa shape index (κ2) is 9.93. The molecule has 1 aromatic heterocycles. The van der Waals surface area contributed by atoms with E-state index in [4.69, 9.17) is 9.47 Å². The molecule has 0 aliphatic carbocycles. The Morgan fingerprint density at radius 3 is 2.52 bits per heavy atom. The molecule has 0 spiro atoms. The molecule has 0 saturated carbocycles. The fraction of sp³-hybridized carbons (Fsp3) is 0.250. The molecule has 2 aromatic carbocycles. The number of aryl methyl sites for hydroxylation is 1. The molecule has 0 aliphatic rings. The second-order valence-electron chi connectivity index (χ2n) is 7.30. The van der Waals surface area contributed by atoms with Crippen LogP contribution >= 0.6 is 0 Å². The van der Waals surface area contributed by atoms with Crippen molar-refractivity contribution in [3.05, 3.63) is 83.7 Å². The van der Waals surface area contributed by atoms with Crippen LogP contribution in [0.25, 0.3) is 6.08 Å². The van der Waals surface area contributed by atoms with Gasteiger partial charge in [-0.1, -0.05) is 18.2 Å². The summed E-state index contributed by atoms with van der Waals surface area (Å²) in [5.41, 5.74) is 1.52. The number of carbonyl (C=O) groups excluding carboxylic acids is 1. The largest absolute Gasteiger partial charge is 0.493 e. The first kappa shape index (κ1) is 22.1. The summed E-state index contributed by atoms with van der Waals surface area (Å²) in [6.45, 7) is 3.88. The lowest BCUT2D eigenvalue weighted by atomic mass is 10.1. The highest BCUT2D eigenvalue weighted by molar-refractivity contribution is 5.92. The fourth-order valence-corrected chi connectivity index (χ4v) is 3.11. The van der Waals surface area contributed by atoms with Crippen molar-refractivity contribution in [2.45, 2.75) is 26.0 Å². The van der Waals surface area contributed by atoms with Gasteiger partial charge in [-0.3, -0.25) is 4.79 Å². The van der Waals surface area contributed by atoms with E-state index in [1.54, 1.807) is 43.8 Å². The van der Waals surface area contributed by atoms with Crippen molar-refractivity contribution in [3.8, 4) is 11.5 Å². The average molecular weight is 423 g/mol. The number of benzene rings is 2. The number of ether oxygens (including phenoxy) is 2. The summed E-state index contributed by atoms with van der Waals surface area (Å²) in [5.74, 6) is 1.23. The zero-order chi connectivity index (χ0) is 22.4. The third-order valence-electron chi connectivity index (χ3n) is 4.58. The van der Waals surface area contributed by atoms with Gasteiger partial charge in [0.15, 0.2) is 11.5 Å². The predicted octanol–water partition coefficient (Wildman–Crippen LogP) is 4.27. The van der Waals surface area contributed by atoms with Crippen LogP contribution in [0, 0.1) is 5.82 Å². The van der Waals surface area contributed by atoms with Crippen LogP contribution in [0.2, 0.25) is 0 Å². The van der Waals surface area contributed by atoms with Crippen LogP contribution in [-0.4, -0.2) is 28.7 Å². The molecule has 0 bridgehead atoms. The van der Waals surface area contributed by atoms with Crippen molar-refractivity contribution in [2.24, 2.45) is 7.05 Å². The van der Waals surface area contributed by atoms with E-state index in [0.29, 0.717) is 17.3 Å². The highest BCUT2D eigenvalue weighted by Crippen LogP contribution is 2.29. The lowest BCUT2D eigenvalue weighted by Gasteiger charge is -2.18. The molecule has 6 nitrogen and oxygen atoms in total. The molecule has 162 valence electrons. The molecule has 0 fully saturated rings. The fourth-order valence-electron chi connectivity index (χ4n) is 3.11. The van der Waals surface area contributed by atoms with Gasteiger partial charge in [-0.25, -0.2) is 9.37 Å². The molecule has 7 heteroatoms. The van der Waals surface area contributed by atoms with Gasteiger partial charge in [0.05, 0.1) is 13.2 Å². The summed E-state index contributed by atoms with van der Waals surface area (Å²) in [4.78, 5) is 17.0. The van der Waals surface area contributed by atoms with E-state index < -0.39 is 6.04 Å². The lowest BCUT2D eigenvalue weighted by Crippen LogP contribution is -2.29. The number of nitrogens with one attached hydrogen (secondary N) is 1. The average Bonchev–Trinajstić information content (AvgIpc) is 3.17. The van der Waals surface area contributed by atoms with Gasteiger partial charge in [-0.15, -0.1) is 0 Å². The lowest BCUT2D eigenvalue weighted by molar-refractivity contribution is -0.117. The molecular weight excluding hydrogens is 397 g/mol. The van der Waals surface area contributed by atoms with Gasteiger partial charge in [0.25, 0.3) is 0 Å². The summed E-state index contributed by atoms with van der Waals surface area (Å²) < 4.78 is 26.3. The van der Waals surface area contributed by atoms with E-state index in [2.05, 4.69) is 10.3 Å². The minimum Gasteiger partial charge on any atom is -0.493 e. The molecule has 3 rings (SSSR count). The molecular formula is C24H26FN3O3. The first-order valence-electron chi connectivity index (χ1n) is 9.93. The van der Waals surface area contributed by atoms with Gasteiger partial charge in [0.1, 0.15) is 17.7 Å². The highest BCUT2D eigenvalue weighted by Gasteiger charge is 2.20. The van der Waals surface area contributed by atoms with Crippen molar-refractivity contribution in [2.75, 3.05) is 7.11 Å². The minimum absolute atomic E-state index is 0.0237. The molecule has 0 saturated heterocycles. The normalized spacial score (nSPS) is 12.2. The quantitative estimate of drug-likeness (QED) is 0.550. The summed E-state index contributed by atoms with van der Waals surface area (Å²) in [6.07, 6.45) is 6.60. The van der Waals surface area contributed by atoms with Gasteiger partial charge in [-0.05, 0) is 55.3 Å². The number of aromatic nitrogens is 2. The van der Waals surface area contributed by atoms with Crippen LogP contribution in [0.15, 0.2) is 60.9 Å². The van der Waals surface area contributed by atoms with Gasteiger partial charge >= 0.3 is 0 Å². The maximum absolute atomic E-state index is 13.4. The molecule has 0 radical (unpaired) electrons. The zero-order valence-electron chi connectivity index (χ0n) is 18.0. The van der Waals surface area contributed by atoms with Crippen LogP contribution < -0.4 is 14.8 Å². The Morgan fingerprint density at radius 2 is 1.90 bits per heavy atom. The van der Waals surface area contributed by atoms with Gasteiger partial charge < -0.3 is 19.4 Å². The van der Waals surface area contributed by atoms with Gasteiger partial charge in [-0.2, -0.15) is 0 Å². The monoisotopic (exact) mass is 423 g/mol. The predicted molar refractivity (Wildman–Crippen MR) is 117 cm³/mol. The van der Waals surface area contributed by atoms with Crippen LogP contribution in [-0.2, 0) is 11.8 Å². The van der Waals surface area contributed by atoms with E-state index in [-0.39, 0.29) is 17.8 Å². The summed E-state index contributed by atoms with van der Waals surface area (Å²) in [6, 6.07) is 10.9. The number of halogens is 1. The van der Waals surface area contributed by atoms with Crippen LogP contribution in [0.4, 0.5) is 4.39 Å². The van der Waals surface area contributed by atoms with Crippen molar-refractivity contribution < 1.29 is 18.7 Å². The number of hydrogen-bond acceptors (Lipinski definition) is 4. The maximum Gasteiger partial charge on any atom is 0.244 e. The number of carbonyl (C=O) groups is 1.